The van der Waals surface area contributed by atoms with Crippen molar-refractivity contribution in [3.05, 3.63) is 10.6 Å². The van der Waals surface area contributed by atoms with Gasteiger partial charge >= 0.3 is 0 Å². The summed E-state index contributed by atoms with van der Waals surface area (Å²) >= 11 is 5.10. The maximum atomic E-state index is 11.8. The minimum atomic E-state index is 0.0377. The molecule has 0 aliphatic carbocycles. The third-order valence-electron chi connectivity index (χ3n) is 3.56. The van der Waals surface area contributed by atoms with E-state index >= 15 is 0 Å². The van der Waals surface area contributed by atoms with Crippen LogP contribution in [0.1, 0.15) is 44.9 Å². The Labute approximate surface area is 123 Å². The molecule has 0 unspecified atom stereocenters. The Kier molecular flexibility index (Phi) is 5.72. The second kappa shape index (κ2) is 7.54. The van der Waals surface area contributed by atoms with Crippen LogP contribution in [0.4, 0.5) is 0 Å². The molecule has 2 N–H and O–H groups in total. The van der Waals surface area contributed by atoms with Gasteiger partial charge in [0, 0.05) is 19.6 Å². The number of H-pyrrole nitrogens is 1. The molecule has 1 aromatic heterocycles. The molecule has 0 bridgehead atoms. The summed E-state index contributed by atoms with van der Waals surface area (Å²) in [4.78, 5) is 11.8. The molecule has 2 rings (SSSR count). The molecule has 1 aromatic rings. The van der Waals surface area contributed by atoms with E-state index in [2.05, 4.69) is 15.5 Å². The van der Waals surface area contributed by atoms with Crippen LogP contribution in [0.15, 0.2) is 0 Å². The van der Waals surface area contributed by atoms with Gasteiger partial charge in [0.2, 0.25) is 5.91 Å². The third kappa shape index (κ3) is 4.14. The summed E-state index contributed by atoms with van der Waals surface area (Å²) in [7, 11) is 0. The third-order valence-corrected chi connectivity index (χ3v) is 3.88. The average Bonchev–Trinajstić information content (AvgIpc) is 2.84. The zero-order valence-electron chi connectivity index (χ0n) is 11.9. The van der Waals surface area contributed by atoms with E-state index in [0.29, 0.717) is 17.7 Å². The molecule has 6 nitrogen and oxygen atoms in total. The lowest BCUT2D eigenvalue weighted by Gasteiger charge is -2.22. The fraction of sp³-hybridized carbons (Fsp3) is 0.769. The van der Waals surface area contributed by atoms with E-state index in [0.717, 1.165) is 38.2 Å². The lowest BCUT2D eigenvalue weighted by Crippen LogP contribution is -2.27. The van der Waals surface area contributed by atoms with E-state index in [4.69, 9.17) is 17.0 Å². The van der Waals surface area contributed by atoms with Gasteiger partial charge in [-0.15, -0.1) is 0 Å². The molecule has 1 aliphatic heterocycles. The van der Waals surface area contributed by atoms with Crippen molar-refractivity contribution in [1.29, 1.82) is 0 Å². The summed E-state index contributed by atoms with van der Waals surface area (Å²) in [5, 5.41) is 9.74. The Morgan fingerprint density at radius 3 is 3.15 bits per heavy atom. The Hall–Kier alpha value is -1.21. The summed E-state index contributed by atoms with van der Waals surface area (Å²) in [6.07, 6.45) is 4.97. The van der Waals surface area contributed by atoms with Crippen molar-refractivity contribution in [3.8, 4) is 0 Å². The quantitative estimate of drug-likeness (QED) is 0.787. The van der Waals surface area contributed by atoms with Gasteiger partial charge in [0.25, 0.3) is 0 Å². The Morgan fingerprint density at radius 1 is 1.60 bits per heavy atom. The predicted octanol–water partition coefficient (Wildman–Crippen LogP) is 1.93. The Balaban J connectivity index is 1.73. The normalized spacial score (nSPS) is 18.9. The Bertz CT molecular complexity index is 491. The zero-order chi connectivity index (χ0) is 14.4. The highest BCUT2D eigenvalue weighted by Gasteiger charge is 2.15. The van der Waals surface area contributed by atoms with E-state index in [-0.39, 0.29) is 12.0 Å². The fourth-order valence-corrected chi connectivity index (χ4v) is 2.68. The van der Waals surface area contributed by atoms with Crippen molar-refractivity contribution in [2.24, 2.45) is 0 Å². The topological polar surface area (TPSA) is 71.9 Å². The highest BCUT2D eigenvalue weighted by molar-refractivity contribution is 7.71. The number of rotatable bonds is 6. The molecule has 7 heteroatoms. The molecule has 1 amide bonds. The van der Waals surface area contributed by atoms with Crippen molar-refractivity contribution >= 4 is 18.1 Å². The first kappa shape index (κ1) is 15.2. The summed E-state index contributed by atoms with van der Waals surface area (Å²) in [5.74, 6) is 0.801. The molecule has 1 fully saturated rings. The lowest BCUT2D eigenvalue weighted by atomic mass is 10.0. The maximum absolute atomic E-state index is 11.8. The zero-order valence-corrected chi connectivity index (χ0v) is 12.7. The summed E-state index contributed by atoms with van der Waals surface area (Å²) < 4.78 is 8.08. The van der Waals surface area contributed by atoms with Gasteiger partial charge in [-0.1, -0.05) is 0 Å². The molecular formula is C13H22N4O2S. The van der Waals surface area contributed by atoms with Crippen molar-refractivity contribution in [1.82, 2.24) is 20.1 Å². The number of hydrogen-bond acceptors (Lipinski definition) is 4. The van der Waals surface area contributed by atoms with Gasteiger partial charge in [-0.2, -0.15) is 5.10 Å². The molecule has 0 radical (unpaired) electrons. The SMILES string of the molecule is CCn1c(CNC(=O)CC[C@H]2CCCCO2)n[nH]c1=S. The van der Waals surface area contributed by atoms with E-state index in [9.17, 15) is 4.79 Å². The van der Waals surface area contributed by atoms with Crippen LogP contribution in [0.2, 0.25) is 0 Å². The molecule has 0 aromatic carbocycles. The minimum absolute atomic E-state index is 0.0377. The smallest absolute Gasteiger partial charge is 0.220 e. The van der Waals surface area contributed by atoms with Crippen LogP contribution in [0.3, 0.4) is 0 Å². The van der Waals surface area contributed by atoms with E-state index in [1.54, 1.807) is 0 Å². The van der Waals surface area contributed by atoms with E-state index in [1.165, 1.54) is 6.42 Å². The number of nitrogens with one attached hydrogen (secondary N) is 2. The predicted molar refractivity (Wildman–Crippen MR) is 77.8 cm³/mol. The van der Waals surface area contributed by atoms with Crippen LogP contribution < -0.4 is 5.32 Å². The number of aromatic amines is 1. The van der Waals surface area contributed by atoms with Gasteiger partial charge in [0.05, 0.1) is 12.6 Å². The van der Waals surface area contributed by atoms with E-state index in [1.807, 2.05) is 11.5 Å². The van der Waals surface area contributed by atoms with Crippen molar-refractivity contribution in [3.63, 3.8) is 0 Å². The summed E-state index contributed by atoms with van der Waals surface area (Å²) in [6.45, 7) is 3.98. The Morgan fingerprint density at radius 2 is 2.45 bits per heavy atom. The molecule has 1 aliphatic rings. The first-order valence-corrected chi connectivity index (χ1v) is 7.64. The van der Waals surface area contributed by atoms with Gasteiger partial charge in [-0.3, -0.25) is 9.89 Å². The highest BCUT2D eigenvalue weighted by Crippen LogP contribution is 2.16. The first-order chi connectivity index (χ1) is 9.70. The molecule has 0 spiro atoms. The molecule has 20 heavy (non-hydrogen) atoms. The maximum Gasteiger partial charge on any atom is 0.220 e. The van der Waals surface area contributed by atoms with Crippen molar-refractivity contribution in [2.45, 2.75) is 58.2 Å². The van der Waals surface area contributed by atoms with Crippen LogP contribution in [0.5, 0.6) is 0 Å². The number of carbonyl (C=O) groups is 1. The van der Waals surface area contributed by atoms with Crippen molar-refractivity contribution in [2.75, 3.05) is 6.61 Å². The molecule has 112 valence electrons. The fourth-order valence-electron chi connectivity index (χ4n) is 2.40. The van der Waals surface area contributed by atoms with Gasteiger partial charge < -0.3 is 14.6 Å². The number of hydrogen-bond donors (Lipinski definition) is 2. The molecule has 0 saturated carbocycles. The standard InChI is InChI=1S/C13H22N4O2S/c1-2-17-11(15-16-13(17)20)9-14-12(18)7-6-10-5-3-4-8-19-10/h10H,2-9H2,1H3,(H,14,18)(H,16,20)/t10-/m1/s1. The summed E-state index contributed by atoms with van der Waals surface area (Å²) in [6, 6.07) is 0. The second-order valence-electron chi connectivity index (χ2n) is 4.99. The van der Waals surface area contributed by atoms with Crippen LogP contribution in [0.25, 0.3) is 0 Å². The second-order valence-corrected chi connectivity index (χ2v) is 5.38. The summed E-state index contributed by atoms with van der Waals surface area (Å²) in [5.41, 5.74) is 0. The van der Waals surface area contributed by atoms with Gasteiger partial charge in [-0.25, -0.2) is 0 Å². The number of ether oxygens (including phenoxy) is 1. The van der Waals surface area contributed by atoms with Gasteiger partial charge in [0.15, 0.2) is 10.6 Å². The number of aromatic nitrogens is 3. The van der Waals surface area contributed by atoms with Crippen molar-refractivity contribution < 1.29 is 9.53 Å². The number of nitrogens with zero attached hydrogens (tertiary/aromatic N) is 2. The monoisotopic (exact) mass is 298 g/mol. The number of carbonyl (C=O) groups excluding carboxylic acids is 1. The molecular weight excluding hydrogens is 276 g/mol. The minimum Gasteiger partial charge on any atom is -0.378 e. The average molecular weight is 298 g/mol. The molecule has 1 atom stereocenters. The van der Waals surface area contributed by atoms with E-state index < -0.39 is 0 Å². The lowest BCUT2D eigenvalue weighted by molar-refractivity contribution is -0.122. The van der Waals surface area contributed by atoms with Crippen LogP contribution in [-0.2, 0) is 22.6 Å². The van der Waals surface area contributed by atoms with Crippen LogP contribution >= 0.6 is 12.2 Å². The highest BCUT2D eigenvalue weighted by atomic mass is 32.1. The van der Waals surface area contributed by atoms with Gasteiger partial charge in [0.1, 0.15) is 0 Å². The first-order valence-electron chi connectivity index (χ1n) is 7.23. The molecule has 1 saturated heterocycles. The number of amides is 1. The van der Waals surface area contributed by atoms with Gasteiger partial charge in [-0.05, 0) is 44.8 Å². The van der Waals surface area contributed by atoms with Crippen LogP contribution in [-0.4, -0.2) is 33.4 Å². The van der Waals surface area contributed by atoms with Crippen LogP contribution in [0, 0.1) is 4.77 Å². The molecule has 2 heterocycles. The largest absolute Gasteiger partial charge is 0.378 e.